The average Bonchev–Trinajstić information content (AvgIpc) is 2.46. The number of rotatable bonds is 0. The summed E-state index contributed by atoms with van der Waals surface area (Å²) >= 11 is 2.67. The number of alkyl halides is 1. The van der Waals surface area contributed by atoms with E-state index < -0.39 is 0 Å². The normalized spacial score (nSPS) is 36.3. The zero-order chi connectivity index (χ0) is 7.73. The summed E-state index contributed by atoms with van der Waals surface area (Å²) in [5.41, 5.74) is 0.707. The Kier molecular flexibility index (Phi) is 2.42. The van der Waals surface area contributed by atoms with Crippen LogP contribution in [0, 0.1) is 5.41 Å². The fourth-order valence-electron chi connectivity index (χ4n) is 2.55. The zero-order valence-electron chi connectivity index (χ0n) is 6.91. The second-order valence-corrected chi connectivity index (χ2v) is 5.51. The summed E-state index contributed by atoms with van der Waals surface area (Å²) in [6.45, 7) is 2.54. The first kappa shape index (κ1) is 8.30. The molecule has 64 valence electrons. The maximum Gasteiger partial charge on any atom is 0.0190 e. The molecule has 1 heterocycles. The van der Waals surface area contributed by atoms with Gasteiger partial charge in [-0.2, -0.15) is 0 Å². The van der Waals surface area contributed by atoms with E-state index in [-0.39, 0.29) is 0 Å². The first-order chi connectivity index (χ1) is 5.33. The second kappa shape index (κ2) is 3.21. The average molecular weight is 265 g/mol. The maximum absolute atomic E-state index is 3.54. The summed E-state index contributed by atoms with van der Waals surface area (Å²) in [5.74, 6) is 0. The summed E-state index contributed by atoms with van der Waals surface area (Å²) < 4.78 is 0.948. The van der Waals surface area contributed by atoms with Crippen molar-refractivity contribution in [3.63, 3.8) is 0 Å². The van der Waals surface area contributed by atoms with E-state index in [4.69, 9.17) is 0 Å². The summed E-state index contributed by atoms with van der Waals surface area (Å²) in [7, 11) is 0. The van der Waals surface area contributed by atoms with Crippen molar-refractivity contribution in [2.75, 3.05) is 13.1 Å². The molecule has 1 N–H and O–H groups in total. The van der Waals surface area contributed by atoms with Crippen LogP contribution in [0.1, 0.15) is 32.1 Å². The van der Waals surface area contributed by atoms with Crippen LogP contribution in [0.2, 0.25) is 0 Å². The molecular weight excluding hydrogens is 249 g/mol. The molecule has 1 saturated heterocycles. The highest BCUT2D eigenvalue weighted by Gasteiger charge is 2.41. The van der Waals surface area contributed by atoms with Crippen LogP contribution in [0.5, 0.6) is 0 Å². The Morgan fingerprint density at radius 1 is 1.27 bits per heavy atom. The van der Waals surface area contributed by atoms with E-state index >= 15 is 0 Å². The molecule has 2 aliphatic rings. The van der Waals surface area contributed by atoms with Crippen molar-refractivity contribution in [2.45, 2.75) is 36.0 Å². The fourth-order valence-corrected chi connectivity index (χ4v) is 3.71. The Morgan fingerprint density at radius 2 is 2.00 bits per heavy atom. The SMILES string of the molecule is IC1CCNCC12CCCC2. The number of hydrogen-bond acceptors (Lipinski definition) is 1. The summed E-state index contributed by atoms with van der Waals surface area (Å²) in [4.78, 5) is 0. The van der Waals surface area contributed by atoms with E-state index in [1.165, 1.54) is 45.2 Å². The predicted molar refractivity (Wildman–Crippen MR) is 56.2 cm³/mol. The van der Waals surface area contributed by atoms with E-state index in [0.29, 0.717) is 5.41 Å². The van der Waals surface area contributed by atoms with Crippen LogP contribution in [-0.4, -0.2) is 17.0 Å². The van der Waals surface area contributed by atoms with Gasteiger partial charge in [0.15, 0.2) is 0 Å². The number of hydrogen-bond donors (Lipinski definition) is 1. The van der Waals surface area contributed by atoms with Crippen molar-refractivity contribution in [1.29, 1.82) is 0 Å². The van der Waals surface area contributed by atoms with Crippen LogP contribution in [0.25, 0.3) is 0 Å². The standard InChI is InChI=1S/C9H16IN/c10-8-3-6-11-7-9(8)4-1-2-5-9/h8,11H,1-7H2. The van der Waals surface area contributed by atoms with Gasteiger partial charge in [-0.1, -0.05) is 35.4 Å². The van der Waals surface area contributed by atoms with Gasteiger partial charge in [-0.15, -0.1) is 0 Å². The second-order valence-electron chi connectivity index (χ2n) is 4.00. The van der Waals surface area contributed by atoms with Crippen LogP contribution in [-0.2, 0) is 0 Å². The Labute approximate surface area is 82.5 Å². The molecule has 1 atom stereocenters. The van der Waals surface area contributed by atoms with Gasteiger partial charge in [-0.25, -0.2) is 0 Å². The lowest BCUT2D eigenvalue weighted by Gasteiger charge is -2.38. The minimum absolute atomic E-state index is 0.707. The lowest BCUT2D eigenvalue weighted by atomic mass is 9.79. The molecule has 1 spiro atoms. The van der Waals surface area contributed by atoms with Crippen molar-refractivity contribution >= 4 is 22.6 Å². The van der Waals surface area contributed by atoms with Crippen molar-refractivity contribution in [2.24, 2.45) is 5.41 Å². The quantitative estimate of drug-likeness (QED) is 0.523. The van der Waals surface area contributed by atoms with Crippen molar-refractivity contribution in [3.05, 3.63) is 0 Å². The van der Waals surface area contributed by atoms with Gasteiger partial charge < -0.3 is 5.32 Å². The third-order valence-electron chi connectivity index (χ3n) is 3.32. The molecule has 2 fully saturated rings. The molecule has 1 aliphatic heterocycles. The molecule has 0 aromatic heterocycles. The minimum Gasteiger partial charge on any atom is -0.316 e. The highest BCUT2D eigenvalue weighted by molar-refractivity contribution is 14.1. The van der Waals surface area contributed by atoms with Crippen LogP contribution in [0.4, 0.5) is 0 Å². The van der Waals surface area contributed by atoms with E-state index in [9.17, 15) is 0 Å². The fraction of sp³-hybridized carbons (Fsp3) is 1.00. The smallest absolute Gasteiger partial charge is 0.0190 e. The summed E-state index contributed by atoms with van der Waals surface area (Å²) in [5, 5.41) is 3.54. The first-order valence-corrected chi connectivity index (χ1v) is 5.93. The molecular formula is C9H16IN. The van der Waals surface area contributed by atoms with Crippen molar-refractivity contribution in [3.8, 4) is 0 Å². The Bertz CT molecular complexity index is 140. The topological polar surface area (TPSA) is 12.0 Å². The van der Waals surface area contributed by atoms with Crippen molar-refractivity contribution < 1.29 is 0 Å². The Hall–Kier alpha value is 0.690. The number of halogens is 1. The van der Waals surface area contributed by atoms with Crippen LogP contribution < -0.4 is 5.32 Å². The first-order valence-electron chi connectivity index (χ1n) is 4.68. The van der Waals surface area contributed by atoms with Crippen LogP contribution >= 0.6 is 22.6 Å². The summed E-state index contributed by atoms with van der Waals surface area (Å²) in [6, 6.07) is 0. The molecule has 0 aromatic carbocycles. The maximum atomic E-state index is 3.54. The molecule has 0 aromatic rings. The third-order valence-corrected chi connectivity index (χ3v) is 5.26. The largest absolute Gasteiger partial charge is 0.316 e. The van der Waals surface area contributed by atoms with Crippen LogP contribution in [0.15, 0.2) is 0 Å². The van der Waals surface area contributed by atoms with Crippen molar-refractivity contribution in [1.82, 2.24) is 5.32 Å². The Morgan fingerprint density at radius 3 is 2.64 bits per heavy atom. The van der Waals surface area contributed by atoms with Gasteiger partial charge in [0, 0.05) is 10.5 Å². The molecule has 1 aliphatic carbocycles. The van der Waals surface area contributed by atoms with E-state index in [1.54, 1.807) is 0 Å². The van der Waals surface area contributed by atoms with Crippen LogP contribution in [0.3, 0.4) is 0 Å². The molecule has 1 unspecified atom stereocenters. The van der Waals surface area contributed by atoms with E-state index in [2.05, 4.69) is 27.9 Å². The number of nitrogens with one attached hydrogen (secondary N) is 1. The molecule has 2 rings (SSSR count). The van der Waals surface area contributed by atoms with Gasteiger partial charge in [0.05, 0.1) is 0 Å². The molecule has 0 amide bonds. The predicted octanol–water partition coefficient (Wildman–Crippen LogP) is 2.34. The highest BCUT2D eigenvalue weighted by Crippen LogP contribution is 2.46. The van der Waals surface area contributed by atoms with Gasteiger partial charge in [0.25, 0.3) is 0 Å². The molecule has 1 nitrogen and oxygen atoms in total. The lowest BCUT2D eigenvalue weighted by molar-refractivity contribution is 0.237. The van der Waals surface area contributed by atoms with E-state index in [1.807, 2.05) is 0 Å². The minimum atomic E-state index is 0.707. The molecule has 0 radical (unpaired) electrons. The third kappa shape index (κ3) is 1.44. The molecule has 0 bridgehead atoms. The van der Waals surface area contributed by atoms with Gasteiger partial charge in [0.2, 0.25) is 0 Å². The van der Waals surface area contributed by atoms with Gasteiger partial charge >= 0.3 is 0 Å². The van der Waals surface area contributed by atoms with Gasteiger partial charge in [-0.05, 0) is 31.2 Å². The number of piperidine rings is 1. The Balaban J connectivity index is 2.07. The molecule has 1 saturated carbocycles. The molecule has 2 heteroatoms. The van der Waals surface area contributed by atoms with Gasteiger partial charge in [0.1, 0.15) is 0 Å². The lowest BCUT2D eigenvalue weighted by Crippen LogP contribution is -2.45. The summed E-state index contributed by atoms with van der Waals surface area (Å²) in [6.07, 6.45) is 7.30. The zero-order valence-corrected chi connectivity index (χ0v) is 9.06. The molecule has 11 heavy (non-hydrogen) atoms. The van der Waals surface area contributed by atoms with Gasteiger partial charge in [-0.3, -0.25) is 0 Å². The monoisotopic (exact) mass is 265 g/mol. The highest BCUT2D eigenvalue weighted by atomic mass is 127. The van der Waals surface area contributed by atoms with E-state index in [0.717, 1.165) is 3.92 Å².